The van der Waals surface area contributed by atoms with Crippen molar-refractivity contribution >= 4 is 45.0 Å². The van der Waals surface area contributed by atoms with Gasteiger partial charge >= 0.3 is 0 Å². The van der Waals surface area contributed by atoms with E-state index in [1.807, 2.05) is 52.0 Å². The SMILES string of the molecule is COc1cccc2c(C)cc(SC(C)C(=O)Nc3nnc(C(C)C)s3)nc12. The summed E-state index contributed by atoms with van der Waals surface area (Å²) in [5.41, 5.74) is 1.90. The van der Waals surface area contributed by atoms with E-state index in [0.717, 1.165) is 32.2 Å². The summed E-state index contributed by atoms with van der Waals surface area (Å²) in [6.45, 7) is 7.99. The number of thioether (sulfide) groups is 1. The standard InChI is InChI=1S/C19H22N4O2S2/c1-10(2)18-22-23-19(27-18)21-17(24)12(4)26-15-9-11(3)13-7-6-8-14(25-5)16(13)20-15/h6-10,12H,1-5H3,(H,21,23,24). The normalized spacial score (nSPS) is 12.4. The minimum atomic E-state index is -0.324. The molecule has 0 saturated carbocycles. The Morgan fingerprint density at radius 1 is 1.26 bits per heavy atom. The van der Waals surface area contributed by atoms with Gasteiger partial charge in [0, 0.05) is 11.3 Å². The Morgan fingerprint density at radius 3 is 2.70 bits per heavy atom. The molecule has 8 heteroatoms. The fraction of sp³-hybridized carbons (Fsp3) is 0.368. The highest BCUT2D eigenvalue weighted by molar-refractivity contribution is 8.00. The second kappa shape index (κ2) is 8.22. The number of carbonyl (C=O) groups excluding carboxylic acids is 1. The van der Waals surface area contributed by atoms with Crippen LogP contribution < -0.4 is 10.1 Å². The highest BCUT2D eigenvalue weighted by Gasteiger charge is 2.19. The number of aromatic nitrogens is 3. The molecule has 0 aliphatic carbocycles. The molecule has 6 nitrogen and oxygen atoms in total. The highest BCUT2D eigenvalue weighted by Crippen LogP contribution is 2.31. The highest BCUT2D eigenvalue weighted by atomic mass is 32.2. The number of ether oxygens (including phenoxy) is 1. The smallest absolute Gasteiger partial charge is 0.239 e. The lowest BCUT2D eigenvalue weighted by Gasteiger charge is -2.12. The van der Waals surface area contributed by atoms with Crippen LogP contribution in [-0.4, -0.2) is 33.4 Å². The minimum absolute atomic E-state index is 0.119. The quantitative estimate of drug-likeness (QED) is 0.605. The first-order chi connectivity index (χ1) is 12.9. The van der Waals surface area contributed by atoms with Crippen LogP contribution in [-0.2, 0) is 4.79 Å². The van der Waals surface area contributed by atoms with Crippen LogP contribution in [0.4, 0.5) is 5.13 Å². The Balaban J connectivity index is 1.76. The van der Waals surface area contributed by atoms with Crippen LogP contribution in [0.25, 0.3) is 10.9 Å². The van der Waals surface area contributed by atoms with Crippen LogP contribution in [0.5, 0.6) is 5.75 Å². The summed E-state index contributed by atoms with van der Waals surface area (Å²) >= 11 is 2.82. The van der Waals surface area contributed by atoms with E-state index < -0.39 is 0 Å². The molecule has 0 spiro atoms. The van der Waals surface area contributed by atoms with Gasteiger partial charge in [0.1, 0.15) is 16.3 Å². The van der Waals surface area contributed by atoms with Gasteiger partial charge in [0.2, 0.25) is 11.0 Å². The van der Waals surface area contributed by atoms with E-state index in [1.54, 1.807) is 7.11 Å². The molecular weight excluding hydrogens is 380 g/mol. The van der Waals surface area contributed by atoms with Crippen molar-refractivity contribution in [3.8, 4) is 5.75 Å². The molecular formula is C19H22N4O2S2. The van der Waals surface area contributed by atoms with E-state index in [4.69, 9.17) is 9.72 Å². The third-order valence-corrected chi connectivity index (χ3v) is 6.19. The molecule has 1 N–H and O–H groups in total. The topological polar surface area (TPSA) is 77.0 Å². The van der Waals surface area contributed by atoms with Crippen molar-refractivity contribution in [3.05, 3.63) is 34.8 Å². The van der Waals surface area contributed by atoms with Gasteiger partial charge in [0.05, 0.1) is 17.4 Å². The number of anilines is 1. The van der Waals surface area contributed by atoms with Crippen molar-refractivity contribution in [3.63, 3.8) is 0 Å². The van der Waals surface area contributed by atoms with Gasteiger partial charge in [-0.3, -0.25) is 10.1 Å². The van der Waals surface area contributed by atoms with Gasteiger partial charge in [0.15, 0.2) is 0 Å². The fourth-order valence-corrected chi connectivity index (χ4v) is 4.21. The van der Waals surface area contributed by atoms with E-state index in [0.29, 0.717) is 11.0 Å². The zero-order chi connectivity index (χ0) is 19.6. The van der Waals surface area contributed by atoms with Crippen LogP contribution >= 0.6 is 23.1 Å². The number of benzene rings is 1. The van der Waals surface area contributed by atoms with E-state index >= 15 is 0 Å². The summed E-state index contributed by atoms with van der Waals surface area (Å²) in [7, 11) is 1.63. The lowest BCUT2D eigenvalue weighted by Crippen LogP contribution is -2.22. The lowest BCUT2D eigenvalue weighted by molar-refractivity contribution is -0.115. The Bertz CT molecular complexity index is 971. The third-order valence-electron chi connectivity index (χ3n) is 4.04. The molecule has 1 atom stereocenters. The average Bonchev–Trinajstić information content (AvgIpc) is 3.10. The van der Waals surface area contributed by atoms with Crippen molar-refractivity contribution in [2.45, 2.75) is 43.9 Å². The maximum absolute atomic E-state index is 12.5. The van der Waals surface area contributed by atoms with E-state index in [2.05, 4.69) is 15.5 Å². The Morgan fingerprint density at radius 2 is 2.04 bits per heavy atom. The van der Waals surface area contributed by atoms with Crippen molar-refractivity contribution in [2.24, 2.45) is 0 Å². The third kappa shape index (κ3) is 4.39. The predicted octanol–water partition coefficient (Wildman–Crippen LogP) is 4.65. The first-order valence-corrected chi connectivity index (χ1v) is 10.3. The van der Waals surface area contributed by atoms with Gasteiger partial charge < -0.3 is 4.74 Å². The number of hydrogen-bond donors (Lipinski definition) is 1. The van der Waals surface area contributed by atoms with Gasteiger partial charge in [-0.15, -0.1) is 10.2 Å². The molecule has 3 aromatic rings. The second-order valence-electron chi connectivity index (χ2n) is 6.48. The number of nitrogens with zero attached hydrogens (tertiary/aromatic N) is 3. The number of fused-ring (bicyclic) bond motifs is 1. The largest absolute Gasteiger partial charge is 0.494 e. The van der Waals surface area contributed by atoms with E-state index in [-0.39, 0.29) is 11.2 Å². The molecule has 2 aromatic heterocycles. The van der Waals surface area contributed by atoms with E-state index in [1.165, 1.54) is 23.1 Å². The Hall–Kier alpha value is -2.19. The van der Waals surface area contributed by atoms with Gasteiger partial charge in [-0.2, -0.15) is 0 Å². The van der Waals surface area contributed by atoms with Gasteiger partial charge in [0.25, 0.3) is 0 Å². The molecule has 0 saturated heterocycles. The first-order valence-electron chi connectivity index (χ1n) is 8.64. The summed E-state index contributed by atoms with van der Waals surface area (Å²) in [6, 6.07) is 7.86. The van der Waals surface area contributed by atoms with Crippen LogP contribution in [0.3, 0.4) is 0 Å². The lowest BCUT2D eigenvalue weighted by atomic mass is 10.1. The molecule has 0 fully saturated rings. The number of para-hydroxylation sites is 1. The van der Waals surface area contributed by atoms with E-state index in [9.17, 15) is 4.79 Å². The zero-order valence-electron chi connectivity index (χ0n) is 15.9. The predicted molar refractivity (Wildman–Crippen MR) is 111 cm³/mol. The zero-order valence-corrected chi connectivity index (χ0v) is 17.6. The number of amides is 1. The first kappa shape index (κ1) is 19.6. The second-order valence-corrected chi connectivity index (χ2v) is 8.85. The fourth-order valence-electron chi connectivity index (χ4n) is 2.55. The number of nitrogens with one attached hydrogen (secondary N) is 1. The molecule has 3 rings (SSSR count). The van der Waals surface area contributed by atoms with Crippen LogP contribution in [0.1, 0.15) is 37.3 Å². The molecule has 1 aromatic carbocycles. The number of pyridine rings is 1. The maximum Gasteiger partial charge on any atom is 0.239 e. The molecule has 0 radical (unpaired) electrons. The van der Waals surface area contributed by atoms with Crippen molar-refractivity contribution in [2.75, 3.05) is 12.4 Å². The van der Waals surface area contributed by atoms with Crippen LogP contribution in [0.2, 0.25) is 0 Å². The van der Waals surface area contributed by atoms with Gasteiger partial charge in [-0.1, -0.05) is 49.1 Å². The van der Waals surface area contributed by atoms with Crippen LogP contribution in [0, 0.1) is 6.92 Å². The number of hydrogen-bond acceptors (Lipinski definition) is 7. The molecule has 1 unspecified atom stereocenters. The Kier molecular flexibility index (Phi) is 5.96. The number of carbonyl (C=O) groups is 1. The maximum atomic E-state index is 12.5. The minimum Gasteiger partial charge on any atom is -0.494 e. The summed E-state index contributed by atoms with van der Waals surface area (Å²) in [6.07, 6.45) is 0. The molecule has 142 valence electrons. The molecule has 0 aliphatic heterocycles. The molecule has 0 bridgehead atoms. The summed E-state index contributed by atoms with van der Waals surface area (Å²) in [5.74, 6) is 0.899. The summed E-state index contributed by atoms with van der Waals surface area (Å²) in [4.78, 5) is 17.2. The Labute approximate surface area is 166 Å². The summed E-state index contributed by atoms with van der Waals surface area (Å²) in [5, 5.41) is 13.9. The average molecular weight is 403 g/mol. The number of methoxy groups -OCH3 is 1. The van der Waals surface area contributed by atoms with Crippen molar-refractivity contribution < 1.29 is 9.53 Å². The number of aryl methyl sites for hydroxylation is 1. The van der Waals surface area contributed by atoms with Crippen LogP contribution in [0.15, 0.2) is 29.3 Å². The van der Waals surface area contributed by atoms with Gasteiger partial charge in [-0.25, -0.2) is 4.98 Å². The monoisotopic (exact) mass is 402 g/mol. The molecule has 27 heavy (non-hydrogen) atoms. The van der Waals surface area contributed by atoms with Crippen molar-refractivity contribution in [1.82, 2.24) is 15.2 Å². The van der Waals surface area contributed by atoms with Crippen molar-refractivity contribution in [1.29, 1.82) is 0 Å². The van der Waals surface area contributed by atoms with Gasteiger partial charge in [-0.05, 0) is 31.5 Å². The summed E-state index contributed by atoms with van der Waals surface area (Å²) < 4.78 is 5.43. The molecule has 1 amide bonds. The number of rotatable bonds is 6. The molecule has 2 heterocycles. The molecule has 0 aliphatic rings.